The Balaban J connectivity index is 3.77. The fourth-order valence-corrected chi connectivity index (χ4v) is 1.10. The zero-order chi connectivity index (χ0) is 9.61. The second-order valence-electron chi connectivity index (χ2n) is 2.16. The third-order valence-corrected chi connectivity index (χ3v) is 1.57. The zero-order valence-electron chi connectivity index (χ0n) is 7.15. The van der Waals surface area contributed by atoms with Crippen molar-refractivity contribution < 1.29 is 9.47 Å². The van der Waals surface area contributed by atoms with Gasteiger partial charge in [0.2, 0.25) is 0 Å². The Morgan fingerprint density at radius 3 is 1.75 bits per heavy atom. The molecule has 0 amide bonds. The van der Waals surface area contributed by atoms with E-state index in [0.717, 1.165) is 0 Å². The summed E-state index contributed by atoms with van der Waals surface area (Å²) in [5.41, 5.74) is 0. The van der Waals surface area contributed by atoms with E-state index in [1.54, 1.807) is 0 Å². The molecule has 74 valence electrons. The molecule has 0 heterocycles. The van der Waals surface area contributed by atoms with Crippen molar-refractivity contribution in [2.24, 2.45) is 0 Å². The van der Waals surface area contributed by atoms with Crippen LogP contribution in [0, 0.1) is 0 Å². The first-order valence-electron chi connectivity index (χ1n) is 3.79. The minimum atomic E-state index is -1.31. The minimum absolute atomic E-state index is 0.249. The lowest BCUT2D eigenvalue weighted by Crippen LogP contribution is -2.23. The number of alkyl halides is 3. The van der Waals surface area contributed by atoms with E-state index >= 15 is 0 Å². The molecule has 0 aliphatic rings. The number of hydrogen-bond acceptors (Lipinski definition) is 2. The summed E-state index contributed by atoms with van der Waals surface area (Å²) in [5, 5.41) is 0. The van der Waals surface area contributed by atoms with Crippen molar-refractivity contribution in [3.05, 3.63) is 0 Å². The Labute approximate surface area is 88.1 Å². The first-order chi connectivity index (χ1) is 5.49. The van der Waals surface area contributed by atoms with Gasteiger partial charge < -0.3 is 9.47 Å². The number of rotatable bonds is 5. The van der Waals surface area contributed by atoms with Gasteiger partial charge in [0.05, 0.1) is 0 Å². The van der Waals surface area contributed by atoms with Crippen LogP contribution >= 0.6 is 34.8 Å². The van der Waals surface area contributed by atoms with Crippen molar-refractivity contribution in [3.63, 3.8) is 0 Å². The molecule has 5 heteroatoms. The van der Waals surface area contributed by atoms with Gasteiger partial charge in [-0.15, -0.1) is 0 Å². The maximum absolute atomic E-state index is 5.57. The van der Waals surface area contributed by atoms with E-state index in [-0.39, 0.29) is 6.42 Å². The van der Waals surface area contributed by atoms with Crippen molar-refractivity contribution >= 4 is 34.8 Å². The van der Waals surface area contributed by atoms with E-state index in [2.05, 4.69) is 0 Å². The zero-order valence-corrected chi connectivity index (χ0v) is 9.42. The van der Waals surface area contributed by atoms with E-state index in [9.17, 15) is 0 Å². The van der Waals surface area contributed by atoms with Crippen molar-refractivity contribution in [3.8, 4) is 0 Å². The molecule has 0 aliphatic heterocycles. The lowest BCUT2D eigenvalue weighted by atomic mass is 10.4. The van der Waals surface area contributed by atoms with Crippen LogP contribution in [0.3, 0.4) is 0 Å². The molecule has 0 aromatic carbocycles. The van der Waals surface area contributed by atoms with Crippen molar-refractivity contribution in [2.75, 3.05) is 13.2 Å². The monoisotopic (exact) mass is 234 g/mol. The lowest BCUT2D eigenvalue weighted by molar-refractivity contribution is -0.138. The van der Waals surface area contributed by atoms with Crippen LogP contribution in [0.1, 0.15) is 20.3 Å². The first kappa shape index (κ1) is 12.8. The van der Waals surface area contributed by atoms with Crippen LogP contribution in [0.2, 0.25) is 0 Å². The molecule has 12 heavy (non-hydrogen) atoms. The van der Waals surface area contributed by atoms with Crippen LogP contribution in [0.15, 0.2) is 0 Å². The SMILES string of the molecule is CCOC(CC(Cl)(Cl)Cl)OCC. The van der Waals surface area contributed by atoms with Crippen LogP contribution in [-0.4, -0.2) is 23.3 Å². The Morgan fingerprint density at radius 1 is 1.08 bits per heavy atom. The van der Waals surface area contributed by atoms with E-state index in [1.165, 1.54) is 0 Å². The van der Waals surface area contributed by atoms with Gasteiger partial charge in [-0.1, -0.05) is 34.8 Å². The molecule has 0 fully saturated rings. The van der Waals surface area contributed by atoms with Crippen LogP contribution < -0.4 is 0 Å². The average molecular weight is 236 g/mol. The van der Waals surface area contributed by atoms with E-state index in [1.807, 2.05) is 13.8 Å². The standard InChI is InChI=1S/C7H13Cl3O2/c1-3-11-6(12-4-2)5-7(8,9)10/h6H,3-5H2,1-2H3. The molecule has 0 rings (SSSR count). The summed E-state index contributed by atoms with van der Waals surface area (Å²) in [4.78, 5) is 0. The van der Waals surface area contributed by atoms with E-state index in [0.29, 0.717) is 13.2 Å². The topological polar surface area (TPSA) is 18.5 Å². The van der Waals surface area contributed by atoms with Crippen molar-refractivity contribution in [2.45, 2.75) is 30.4 Å². The molecule has 0 aromatic rings. The minimum Gasteiger partial charge on any atom is -0.353 e. The molecule has 0 spiro atoms. The summed E-state index contributed by atoms with van der Waals surface area (Å²) in [6.07, 6.45) is -0.174. The molecule has 0 saturated heterocycles. The average Bonchev–Trinajstić information content (AvgIpc) is 1.84. The highest BCUT2D eigenvalue weighted by atomic mass is 35.6. The van der Waals surface area contributed by atoms with Gasteiger partial charge in [0, 0.05) is 19.6 Å². The van der Waals surface area contributed by atoms with Crippen LogP contribution in [0.5, 0.6) is 0 Å². The second kappa shape index (κ2) is 6.28. The molecule has 0 saturated carbocycles. The van der Waals surface area contributed by atoms with E-state index < -0.39 is 10.1 Å². The Hall–Kier alpha value is 0.790. The third-order valence-electron chi connectivity index (χ3n) is 1.10. The molecule has 0 aliphatic carbocycles. The molecule has 0 N–H and O–H groups in total. The highest BCUT2D eigenvalue weighted by Gasteiger charge is 2.26. The highest BCUT2D eigenvalue weighted by molar-refractivity contribution is 6.67. The lowest BCUT2D eigenvalue weighted by Gasteiger charge is -2.20. The summed E-state index contributed by atoms with van der Waals surface area (Å²) in [6.45, 7) is 4.83. The molecule has 0 unspecified atom stereocenters. The largest absolute Gasteiger partial charge is 0.353 e. The van der Waals surface area contributed by atoms with Gasteiger partial charge in [0.25, 0.3) is 0 Å². The normalized spacial score (nSPS) is 12.5. The smallest absolute Gasteiger partial charge is 0.195 e. The Morgan fingerprint density at radius 2 is 1.50 bits per heavy atom. The Bertz CT molecular complexity index is 108. The van der Waals surface area contributed by atoms with Crippen LogP contribution in [-0.2, 0) is 9.47 Å². The first-order valence-corrected chi connectivity index (χ1v) is 4.93. The van der Waals surface area contributed by atoms with Gasteiger partial charge in [0.15, 0.2) is 10.1 Å². The molecule has 0 radical (unpaired) electrons. The molecular weight excluding hydrogens is 222 g/mol. The van der Waals surface area contributed by atoms with Gasteiger partial charge in [-0.05, 0) is 13.8 Å². The number of ether oxygens (including phenoxy) is 2. The molecular formula is C7H13Cl3O2. The van der Waals surface area contributed by atoms with Gasteiger partial charge >= 0.3 is 0 Å². The van der Waals surface area contributed by atoms with Crippen molar-refractivity contribution in [1.82, 2.24) is 0 Å². The maximum atomic E-state index is 5.57. The summed E-state index contributed by atoms with van der Waals surface area (Å²) in [7, 11) is 0. The Kier molecular flexibility index (Phi) is 6.69. The molecule has 0 bridgehead atoms. The van der Waals surface area contributed by atoms with Gasteiger partial charge in [-0.25, -0.2) is 0 Å². The highest BCUT2D eigenvalue weighted by Crippen LogP contribution is 2.32. The molecule has 0 atom stereocenters. The summed E-state index contributed by atoms with van der Waals surface area (Å²) < 4.78 is 9.06. The molecule has 2 nitrogen and oxygen atoms in total. The number of hydrogen-bond donors (Lipinski definition) is 0. The molecule has 0 aromatic heterocycles. The van der Waals surface area contributed by atoms with Crippen molar-refractivity contribution in [1.29, 1.82) is 0 Å². The van der Waals surface area contributed by atoms with Gasteiger partial charge in [-0.3, -0.25) is 0 Å². The quantitative estimate of drug-likeness (QED) is 0.538. The third kappa shape index (κ3) is 7.44. The summed E-state index contributed by atoms with van der Waals surface area (Å²) in [6, 6.07) is 0. The predicted molar refractivity (Wildman–Crippen MR) is 51.9 cm³/mol. The van der Waals surface area contributed by atoms with E-state index in [4.69, 9.17) is 44.3 Å². The van der Waals surface area contributed by atoms with Gasteiger partial charge in [-0.2, -0.15) is 0 Å². The summed E-state index contributed by atoms with van der Waals surface area (Å²) in [5.74, 6) is 0. The second-order valence-corrected chi connectivity index (χ2v) is 4.68. The predicted octanol–water partition coefficient (Wildman–Crippen LogP) is 3.15. The van der Waals surface area contributed by atoms with Crippen LogP contribution in [0.25, 0.3) is 0 Å². The fraction of sp³-hybridized carbons (Fsp3) is 1.00. The number of halogens is 3. The maximum Gasteiger partial charge on any atom is 0.195 e. The van der Waals surface area contributed by atoms with Gasteiger partial charge in [0.1, 0.15) is 0 Å². The van der Waals surface area contributed by atoms with Crippen LogP contribution in [0.4, 0.5) is 0 Å². The fourth-order valence-electron chi connectivity index (χ4n) is 0.727. The summed E-state index contributed by atoms with van der Waals surface area (Å²) >= 11 is 16.7.